The van der Waals surface area contributed by atoms with Gasteiger partial charge >= 0.3 is 5.97 Å². The minimum absolute atomic E-state index is 0.0396. The molecule has 1 fully saturated rings. The molecule has 1 amide bonds. The van der Waals surface area contributed by atoms with Crippen molar-refractivity contribution in [2.75, 3.05) is 26.3 Å². The molecule has 1 saturated heterocycles. The highest BCUT2D eigenvalue weighted by molar-refractivity contribution is 7.99. The van der Waals surface area contributed by atoms with E-state index in [2.05, 4.69) is 0 Å². The summed E-state index contributed by atoms with van der Waals surface area (Å²) in [5.41, 5.74) is 1.50. The molecule has 0 saturated carbocycles. The number of benzene rings is 2. The van der Waals surface area contributed by atoms with Crippen molar-refractivity contribution in [1.29, 1.82) is 0 Å². The third kappa shape index (κ3) is 6.20. The van der Waals surface area contributed by atoms with Gasteiger partial charge in [0.05, 0.1) is 29.0 Å². The number of hydrogen-bond acceptors (Lipinski definition) is 8. The fourth-order valence-electron chi connectivity index (χ4n) is 4.05. The van der Waals surface area contributed by atoms with Crippen LogP contribution in [0.5, 0.6) is 5.75 Å². The second kappa shape index (κ2) is 11.4. The Morgan fingerprint density at radius 1 is 1.29 bits per heavy atom. The van der Waals surface area contributed by atoms with Crippen molar-refractivity contribution in [1.82, 2.24) is 4.90 Å². The maximum Gasteiger partial charge on any atom is 0.310 e. The monoisotopic (exact) mass is 498 g/mol. The summed E-state index contributed by atoms with van der Waals surface area (Å²) in [6.07, 6.45) is 5.09. The standard InChI is InChI=1S/C25H26N2O7S/c1-2-32-25(29)19-4-3-12-26(16-19)24(28)10-6-17-5-9-23(21(14-17)27(30)31)35-20-7-8-22-18(15-20)11-13-33-34-22/h5-10,14-15,19H,2-4,11-13,16H2,1H3. The molecule has 2 aliphatic rings. The van der Waals surface area contributed by atoms with Crippen LogP contribution in [0, 0.1) is 16.0 Å². The second-order valence-electron chi connectivity index (χ2n) is 8.22. The molecule has 10 heteroatoms. The Morgan fingerprint density at radius 3 is 2.94 bits per heavy atom. The van der Waals surface area contributed by atoms with E-state index >= 15 is 0 Å². The summed E-state index contributed by atoms with van der Waals surface area (Å²) in [7, 11) is 0. The van der Waals surface area contributed by atoms with Crippen LogP contribution in [0.25, 0.3) is 6.08 Å². The number of fused-ring (bicyclic) bond motifs is 1. The molecular formula is C25H26N2O7S. The Kier molecular flexibility index (Phi) is 8.04. The molecule has 4 rings (SSSR count). The zero-order valence-corrected chi connectivity index (χ0v) is 20.1. The van der Waals surface area contributed by atoms with Gasteiger partial charge in [-0.05, 0) is 55.7 Å². The molecule has 0 radical (unpaired) electrons. The van der Waals surface area contributed by atoms with E-state index in [1.165, 1.54) is 23.9 Å². The third-order valence-electron chi connectivity index (χ3n) is 5.81. The van der Waals surface area contributed by atoms with Crippen molar-refractivity contribution < 1.29 is 29.0 Å². The van der Waals surface area contributed by atoms with Gasteiger partial charge in [-0.3, -0.25) is 19.7 Å². The minimum atomic E-state index is -0.425. The number of esters is 1. The Balaban J connectivity index is 1.45. The van der Waals surface area contributed by atoms with Gasteiger partial charge in [0.2, 0.25) is 5.91 Å². The lowest BCUT2D eigenvalue weighted by atomic mass is 9.98. The number of piperidine rings is 1. The highest BCUT2D eigenvalue weighted by Crippen LogP contribution is 2.38. The molecule has 1 unspecified atom stereocenters. The first-order chi connectivity index (χ1) is 16.9. The lowest BCUT2D eigenvalue weighted by molar-refractivity contribution is -0.387. The zero-order chi connectivity index (χ0) is 24.8. The van der Waals surface area contributed by atoms with Gasteiger partial charge in [0, 0.05) is 42.1 Å². The van der Waals surface area contributed by atoms with Crippen molar-refractivity contribution >= 4 is 35.4 Å². The Bertz CT molecular complexity index is 1150. The number of carbonyl (C=O) groups excluding carboxylic acids is 2. The quantitative estimate of drug-likeness (QED) is 0.181. The molecule has 0 N–H and O–H groups in total. The van der Waals surface area contributed by atoms with Crippen LogP contribution in [-0.2, 0) is 25.6 Å². The maximum atomic E-state index is 12.7. The Hall–Kier alpha value is -3.37. The summed E-state index contributed by atoms with van der Waals surface area (Å²) >= 11 is 1.30. The van der Waals surface area contributed by atoms with E-state index in [-0.39, 0.29) is 23.5 Å². The van der Waals surface area contributed by atoms with Gasteiger partial charge < -0.3 is 14.5 Å². The molecule has 2 aromatic carbocycles. The highest BCUT2D eigenvalue weighted by Gasteiger charge is 2.28. The minimum Gasteiger partial charge on any atom is -0.466 e. The summed E-state index contributed by atoms with van der Waals surface area (Å²) in [6.45, 7) is 3.41. The van der Waals surface area contributed by atoms with Crippen LogP contribution in [-0.4, -0.2) is 48.0 Å². The fraction of sp³-hybridized carbons (Fsp3) is 0.360. The van der Waals surface area contributed by atoms with Gasteiger partial charge in [0.15, 0.2) is 5.75 Å². The Labute approximate surface area is 207 Å². The van der Waals surface area contributed by atoms with Gasteiger partial charge in [0.1, 0.15) is 0 Å². The van der Waals surface area contributed by atoms with Crippen molar-refractivity contribution in [3.8, 4) is 5.75 Å². The smallest absolute Gasteiger partial charge is 0.310 e. The molecule has 0 aromatic heterocycles. The van der Waals surface area contributed by atoms with Crippen LogP contribution >= 0.6 is 11.8 Å². The SMILES string of the molecule is CCOC(=O)C1CCCN(C(=O)C=Cc2ccc(Sc3ccc4c(c3)CCOO4)c([N+](=O)[O-])c2)C1. The van der Waals surface area contributed by atoms with Gasteiger partial charge in [-0.1, -0.05) is 17.8 Å². The van der Waals surface area contributed by atoms with Crippen molar-refractivity contribution in [2.45, 2.75) is 36.0 Å². The van der Waals surface area contributed by atoms with E-state index in [0.717, 1.165) is 16.9 Å². The molecule has 1 atom stereocenters. The molecule has 0 bridgehead atoms. The van der Waals surface area contributed by atoms with Gasteiger partial charge in [-0.15, -0.1) is 0 Å². The molecule has 184 valence electrons. The topological polar surface area (TPSA) is 108 Å². The summed E-state index contributed by atoms with van der Waals surface area (Å²) in [5.74, 6) is -0.179. The second-order valence-corrected chi connectivity index (χ2v) is 9.34. The molecule has 35 heavy (non-hydrogen) atoms. The molecule has 0 aliphatic carbocycles. The van der Waals surface area contributed by atoms with Crippen LogP contribution in [0.1, 0.15) is 30.9 Å². The van der Waals surface area contributed by atoms with Crippen LogP contribution in [0.4, 0.5) is 5.69 Å². The molecule has 2 aliphatic heterocycles. The number of ether oxygens (including phenoxy) is 1. The number of rotatable bonds is 7. The van der Waals surface area contributed by atoms with Crippen molar-refractivity contribution in [2.24, 2.45) is 5.92 Å². The van der Waals surface area contributed by atoms with E-state index < -0.39 is 4.92 Å². The lowest BCUT2D eigenvalue weighted by Crippen LogP contribution is -2.42. The normalized spacial score (nSPS) is 17.5. The first-order valence-corrected chi connectivity index (χ1v) is 12.3. The summed E-state index contributed by atoms with van der Waals surface area (Å²) in [5, 5.41) is 11.7. The number of amides is 1. The average molecular weight is 499 g/mol. The number of nitro groups is 1. The Morgan fingerprint density at radius 2 is 2.14 bits per heavy atom. The first kappa shape index (κ1) is 24.7. The largest absolute Gasteiger partial charge is 0.466 e. The molecule has 2 aromatic rings. The highest BCUT2D eigenvalue weighted by atomic mass is 32.2. The number of nitro benzene ring substituents is 1. The predicted molar refractivity (Wildman–Crippen MR) is 129 cm³/mol. The molecule has 2 heterocycles. The summed E-state index contributed by atoms with van der Waals surface area (Å²) in [4.78, 5) is 49.1. The fourth-order valence-corrected chi connectivity index (χ4v) is 5.01. The number of likely N-dealkylation sites (tertiary alicyclic amines) is 1. The molecular weight excluding hydrogens is 472 g/mol. The van der Waals surface area contributed by atoms with Crippen molar-refractivity contribution in [3.05, 3.63) is 63.7 Å². The predicted octanol–water partition coefficient (Wildman–Crippen LogP) is 4.43. The number of nitrogens with zero attached hydrogens (tertiary/aromatic N) is 2. The van der Waals surface area contributed by atoms with E-state index in [1.54, 1.807) is 36.1 Å². The summed E-state index contributed by atoms with van der Waals surface area (Å²) in [6, 6.07) is 10.4. The number of carbonyl (C=O) groups is 2. The first-order valence-electron chi connectivity index (χ1n) is 11.5. The van der Waals surface area contributed by atoms with E-state index in [4.69, 9.17) is 14.5 Å². The van der Waals surface area contributed by atoms with Crippen molar-refractivity contribution in [3.63, 3.8) is 0 Å². The lowest BCUT2D eigenvalue weighted by Gasteiger charge is -2.30. The molecule has 0 spiro atoms. The average Bonchev–Trinajstić information content (AvgIpc) is 2.88. The number of hydrogen-bond donors (Lipinski definition) is 0. The van der Waals surface area contributed by atoms with E-state index in [0.29, 0.717) is 55.4 Å². The maximum absolute atomic E-state index is 12.7. The third-order valence-corrected chi connectivity index (χ3v) is 6.87. The van der Waals surface area contributed by atoms with Crippen LogP contribution in [0.15, 0.2) is 52.3 Å². The van der Waals surface area contributed by atoms with Gasteiger partial charge in [-0.25, -0.2) is 0 Å². The van der Waals surface area contributed by atoms with Gasteiger partial charge in [-0.2, -0.15) is 4.89 Å². The van der Waals surface area contributed by atoms with Crippen LogP contribution < -0.4 is 4.89 Å². The van der Waals surface area contributed by atoms with E-state index in [1.807, 2.05) is 12.1 Å². The van der Waals surface area contributed by atoms with Gasteiger partial charge in [0.25, 0.3) is 5.69 Å². The molecule has 9 nitrogen and oxygen atoms in total. The zero-order valence-electron chi connectivity index (χ0n) is 19.3. The van der Waals surface area contributed by atoms with Crippen LogP contribution in [0.3, 0.4) is 0 Å². The summed E-state index contributed by atoms with van der Waals surface area (Å²) < 4.78 is 5.08. The van der Waals surface area contributed by atoms with E-state index in [9.17, 15) is 19.7 Å². The van der Waals surface area contributed by atoms with Crippen LogP contribution in [0.2, 0.25) is 0 Å².